The Morgan fingerprint density at radius 1 is 1.36 bits per heavy atom. The standard InChI is InChI=1S/C16H18N4O2/c1-2-15(10-8-13-6-4-3-5-7-13)20-12-14(17-19-20)9-11-16(21)18-22/h3-12,15,22H,2H2,1H3,(H,18,21)/b10-8+,11-9+. The molecule has 114 valence electrons. The number of nitrogens with zero attached hydrogens (tertiary/aromatic N) is 3. The average molecular weight is 298 g/mol. The van der Waals surface area contributed by atoms with Crippen molar-refractivity contribution >= 4 is 18.1 Å². The zero-order chi connectivity index (χ0) is 15.8. The first-order valence-corrected chi connectivity index (χ1v) is 7.00. The maximum atomic E-state index is 10.9. The summed E-state index contributed by atoms with van der Waals surface area (Å²) < 4.78 is 1.75. The van der Waals surface area contributed by atoms with Crippen molar-refractivity contribution in [2.75, 3.05) is 0 Å². The Kier molecular flexibility index (Phi) is 5.62. The normalized spacial score (nSPS) is 12.8. The molecule has 1 unspecified atom stereocenters. The number of nitrogens with one attached hydrogen (secondary N) is 1. The lowest BCUT2D eigenvalue weighted by molar-refractivity contribution is -0.124. The second-order valence-electron chi connectivity index (χ2n) is 4.68. The van der Waals surface area contributed by atoms with E-state index >= 15 is 0 Å². The number of carbonyl (C=O) groups is 1. The predicted octanol–water partition coefficient (Wildman–Crippen LogP) is 2.46. The Labute approximate surface area is 128 Å². The van der Waals surface area contributed by atoms with Crippen molar-refractivity contribution < 1.29 is 10.0 Å². The number of amides is 1. The Hall–Kier alpha value is -2.73. The quantitative estimate of drug-likeness (QED) is 0.488. The number of benzene rings is 1. The van der Waals surface area contributed by atoms with Crippen LogP contribution in [0, 0.1) is 0 Å². The van der Waals surface area contributed by atoms with Crippen molar-refractivity contribution in [2.24, 2.45) is 0 Å². The van der Waals surface area contributed by atoms with Crippen LogP contribution in [0.25, 0.3) is 12.2 Å². The van der Waals surface area contributed by atoms with E-state index < -0.39 is 5.91 Å². The highest BCUT2D eigenvalue weighted by Gasteiger charge is 2.07. The third-order valence-electron chi connectivity index (χ3n) is 3.11. The summed E-state index contributed by atoms with van der Waals surface area (Å²) >= 11 is 0. The highest BCUT2D eigenvalue weighted by molar-refractivity contribution is 5.90. The van der Waals surface area contributed by atoms with E-state index in [-0.39, 0.29) is 6.04 Å². The molecule has 2 N–H and O–H groups in total. The lowest BCUT2D eigenvalue weighted by Gasteiger charge is -2.09. The van der Waals surface area contributed by atoms with Gasteiger partial charge in [0.25, 0.3) is 5.91 Å². The molecule has 0 aliphatic heterocycles. The third-order valence-corrected chi connectivity index (χ3v) is 3.11. The van der Waals surface area contributed by atoms with Gasteiger partial charge in [-0.3, -0.25) is 10.0 Å². The average Bonchev–Trinajstić information content (AvgIpc) is 3.03. The Bertz CT molecular complexity index is 662. The van der Waals surface area contributed by atoms with Gasteiger partial charge in [-0.25, -0.2) is 10.2 Å². The Morgan fingerprint density at radius 2 is 2.14 bits per heavy atom. The topological polar surface area (TPSA) is 80.0 Å². The molecule has 6 nitrogen and oxygen atoms in total. The summed E-state index contributed by atoms with van der Waals surface area (Å²) in [4.78, 5) is 10.9. The van der Waals surface area contributed by atoms with Gasteiger partial charge in [-0.2, -0.15) is 0 Å². The van der Waals surface area contributed by atoms with Crippen molar-refractivity contribution in [3.63, 3.8) is 0 Å². The van der Waals surface area contributed by atoms with E-state index in [4.69, 9.17) is 5.21 Å². The molecule has 0 spiro atoms. The fourth-order valence-corrected chi connectivity index (χ4v) is 1.92. The van der Waals surface area contributed by atoms with Gasteiger partial charge in [0.2, 0.25) is 0 Å². The molecule has 22 heavy (non-hydrogen) atoms. The van der Waals surface area contributed by atoms with Gasteiger partial charge in [0.05, 0.1) is 12.2 Å². The molecule has 6 heteroatoms. The van der Waals surface area contributed by atoms with Crippen LogP contribution in [0.15, 0.2) is 48.7 Å². The van der Waals surface area contributed by atoms with Crippen LogP contribution in [0.1, 0.15) is 30.6 Å². The summed E-state index contributed by atoms with van der Waals surface area (Å²) in [7, 11) is 0. The van der Waals surface area contributed by atoms with Crippen LogP contribution < -0.4 is 5.48 Å². The Morgan fingerprint density at radius 3 is 2.82 bits per heavy atom. The van der Waals surface area contributed by atoms with Crippen molar-refractivity contribution in [2.45, 2.75) is 19.4 Å². The second-order valence-corrected chi connectivity index (χ2v) is 4.68. The number of aromatic nitrogens is 3. The molecule has 1 amide bonds. The number of hydrogen-bond acceptors (Lipinski definition) is 4. The van der Waals surface area contributed by atoms with Crippen molar-refractivity contribution in [3.05, 3.63) is 59.9 Å². The molecule has 0 aliphatic carbocycles. The second kappa shape index (κ2) is 7.90. The highest BCUT2D eigenvalue weighted by atomic mass is 16.5. The van der Waals surface area contributed by atoms with E-state index in [1.54, 1.807) is 10.9 Å². The maximum Gasteiger partial charge on any atom is 0.267 e. The number of hydroxylamine groups is 1. The summed E-state index contributed by atoms with van der Waals surface area (Å²) in [6.45, 7) is 2.07. The minimum Gasteiger partial charge on any atom is -0.288 e. The van der Waals surface area contributed by atoms with Gasteiger partial charge in [-0.1, -0.05) is 54.6 Å². The van der Waals surface area contributed by atoms with Crippen LogP contribution in [0.3, 0.4) is 0 Å². The summed E-state index contributed by atoms with van der Waals surface area (Å²) in [6.07, 6.45) is 9.41. The van der Waals surface area contributed by atoms with Crippen molar-refractivity contribution in [3.8, 4) is 0 Å². The molecular weight excluding hydrogens is 280 g/mol. The molecule has 1 heterocycles. The summed E-state index contributed by atoms with van der Waals surface area (Å²) in [5.74, 6) is -0.606. The maximum absolute atomic E-state index is 10.9. The number of rotatable bonds is 6. The molecule has 0 saturated carbocycles. The molecule has 1 atom stereocenters. The number of hydrogen-bond donors (Lipinski definition) is 2. The molecule has 2 aromatic rings. The van der Waals surface area contributed by atoms with Crippen LogP contribution in [-0.2, 0) is 4.79 Å². The first-order valence-electron chi connectivity index (χ1n) is 7.00. The summed E-state index contributed by atoms with van der Waals surface area (Å²) in [5, 5.41) is 16.5. The first-order chi connectivity index (χ1) is 10.7. The predicted molar refractivity (Wildman–Crippen MR) is 83.8 cm³/mol. The summed E-state index contributed by atoms with van der Waals surface area (Å²) in [5.41, 5.74) is 3.20. The molecule has 0 radical (unpaired) electrons. The van der Waals surface area contributed by atoms with E-state index in [1.165, 1.54) is 17.6 Å². The monoisotopic (exact) mass is 298 g/mol. The third kappa shape index (κ3) is 4.39. The van der Waals surface area contributed by atoms with Crippen LogP contribution in [0.4, 0.5) is 0 Å². The van der Waals surface area contributed by atoms with E-state index in [1.807, 2.05) is 36.4 Å². The molecule has 0 bridgehead atoms. The molecular formula is C16H18N4O2. The SMILES string of the molecule is CCC(/C=C/c1ccccc1)n1cc(/C=C/C(=O)NO)nn1. The molecule has 0 saturated heterocycles. The number of allylic oxidation sites excluding steroid dienone is 1. The van der Waals surface area contributed by atoms with Crippen LogP contribution >= 0.6 is 0 Å². The van der Waals surface area contributed by atoms with Gasteiger partial charge in [-0.05, 0) is 18.1 Å². The largest absolute Gasteiger partial charge is 0.288 e. The lowest BCUT2D eigenvalue weighted by atomic mass is 10.1. The van der Waals surface area contributed by atoms with E-state index in [9.17, 15) is 4.79 Å². The molecule has 0 aliphatic rings. The van der Waals surface area contributed by atoms with Gasteiger partial charge in [0.1, 0.15) is 5.69 Å². The fraction of sp³-hybridized carbons (Fsp3) is 0.188. The molecule has 1 aromatic heterocycles. The van der Waals surface area contributed by atoms with E-state index in [0.29, 0.717) is 5.69 Å². The van der Waals surface area contributed by atoms with E-state index in [2.05, 4.69) is 23.3 Å². The van der Waals surface area contributed by atoms with Crippen LogP contribution in [0.5, 0.6) is 0 Å². The zero-order valence-electron chi connectivity index (χ0n) is 12.3. The lowest BCUT2D eigenvalue weighted by Crippen LogP contribution is -2.14. The van der Waals surface area contributed by atoms with Gasteiger partial charge >= 0.3 is 0 Å². The highest BCUT2D eigenvalue weighted by Crippen LogP contribution is 2.14. The smallest absolute Gasteiger partial charge is 0.267 e. The molecule has 2 rings (SSSR count). The minimum absolute atomic E-state index is 0.0847. The molecule has 0 fully saturated rings. The van der Waals surface area contributed by atoms with Gasteiger partial charge in [0.15, 0.2) is 0 Å². The van der Waals surface area contributed by atoms with Crippen molar-refractivity contribution in [1.29, 1.82) is 0 Å². The van der Waals surface area contributed by atoms with Crippen molar-refractivity contribution in [1.82, 2.24) is 20.5 Å². The van der Waals surface area contributed by atoms with Crippen LogP contribution in [0.2, 0.25) is 0 Å². The minimum atomic E-state index is -0.606. The fourth-order valence-electron chi connectivity index (χ4n) is 1.92. The first kappa shape index (κ1) is 15.7. The van der Waals surface area contributed by atoms with Gasteiger partial charge in [-0.15, -0.1) is 5.10 Å². The molecule has 1 aromatic carbocycles. The van der Waals surface area contributed by atoms with E-state index in [0.717, 1.165) is 12.0 Å². The number of carbonyl (C=O) groups excluding carboxylic acids is 1. The zero-order valence-corrected chi connectivity index (χ0v) is 12.3. The van der Waals surface area contributed by atoms with Crippen LogP contribution in [-0.4, -0.2) is 26.1 Å². The summed E-state index contributed by atoms with van der Waals surface area (Å²) in [6, 6.07) is 10.1. The Balaban J connectivity index is 2.08. The van der Waals surface area contributed by atoms with Gasteiger partial charge in [0, 0.05) is 6.08 Å². The van der Waals surface area contributed by atoms with Gasteiger partial charge < -0.3 is 0 Å².